The molecule has 0 saturated carbocycles. The van der Waals surface area contributed by atoms with Crippen molar-refractivity contribution in [2.24, 2.45) is 0 Å². The van der Waals surface area contributed by atoms with E-state index >= 15 is 0 Å². The lowest BCUT2D eigenvalue weighted by molar-refractivity contribution is -0.137. The number of amides is 1. The van der Waals surface area contributed by atoms with E-state index in [1.165, 1.54) is 0 Å². The molecule has 1 unspecified atom stereocenters. The van der Waals surface area contributed by atoms with E-state index in [1.54, 1.807) is 6.20 Å². The molecular weight excluding hydrogens is 234 g/mol. The van der Waals surface area contributed by atoms with Crippen LogP contribution in [0.15, 0.2) is 12.4 Å². The van der Waals surface area contributed by atoms with Crippen molar-refractivity contribution in [1.29, 1.82) is 0 Å². The van der Waals surface area contributed by atoms with Crippen molar-refractivity contribution in [2.75, 3.05) is 0 Å². The summed E-state index contributed by atoms with van der Waals surface area (Å²) in [5.74, 6) is 0.0196. The Morgan fingerprint density at radius 1 is 1.67 bits per heavy atom. The van der Waals surface area contributed by atoms with E-state index in [-0.39, 0.29) is 12.5 Å². The first-order valence-corrected chi connectivity index (χ1v) is 6.08. The zero-order valence-electron chi connectivity index (χ0n) is 10.5. The van der Waals surface area contributed by atoms with Crippen molar-refractivity contribution >= 4 is 12.4 Å². The molecule has 1 atom stereocenters. The summed E-state index contributed by atoms with van der Waals surface area (Å²) in [6.45, 7) is 2.96. The monoisotopic (exact) mass is 253 g/mol. The SMILES string of the molecule is CCCn1ccnc1CC(CCC(=O)O)NC=O. The second kappa shape index (κ2) is 7.47. The summed E-state index contributed by atoms with van der Waals surface area (Å²) < 4.78 is 2.03. The number of carbonyl (C=O) groups excluding carboxylic acids is 1. The van der Waals surface area contributed by atoms with Crippen LogP contribution < -0.4 is 5.32 Å². The first-order valence-electron chi connectivity index (χ1n) is 6.08. The number of carboxylic acids is 1. The molecule has 0 saturated heterocycles. The Balaban J connectivity index is 2.60. The highest BCUT2D eigenvalue weighted by atomic mass is 16.4. The topological polar surface area (TPSA) is 84.2 Å². The molecule has 0 bridgehead atoms. The van der Waals surface area contributed by atoms with Gasteiger partial charge in [-0.3, -0.25) is 9.59 Å². The molecule has 1 aromatic heterocycles. The minimum Gasteiger partial charge on any atom is -0.481 e. The average Bonchev–Trinajstić information content (AvgIpc) is 2.74. The fourth-order valence-corrected chi connectivity index (χ4v) is 1.83. The standard InChI is InChI=1S/C12H19N3O3/c1-2-6-15-7-5-13-11(15)8-10(14-9-16)3-4-12(17)18/h5,7,9-10H,2-4,6,8H2,1H3,(H,14,16)(H,17,18). The average molecular weight is 253 g/mol. The predicted molar refractivity (Wildman–Crippen MR) is 66.1 cm³/mol. The fraction of sp³-hybridized carbons (Fsp3) is 0.583. The molecule has 18 heavy (non-hydrogen) atoms. The molecule has 1 rings (SSSR count). The molecule has 1 heterocycles. The van der Waals surface area contributed by atoms with Gasteiger partial charge < -0.3 is 15.0 Å². The number of aryl methyl sites for hydroxylation is 1. The van der Waals surface area contributed by atoms with Crippen LogP contribution in [0.5, 0.6) is 0 Å². The van der Waals surface area contributed by atoms with Gasteiger partial charge in [-0.05, 0) is 12.8 Å². The van der Waals surface area contributed by atoms with Gasteiger partial charge in [0.15, 0.2) is 0 Å². The Labute approximate surface area is 106 Å². The van der Waals surface area contributed by atoms with Crippen molar-refractivity contribution in [3.8, 4) is 0 Å². The number of aliphatic carboxylic acids is 1. The van der Waals surface area contributed by atoms with Crippen LogP contribution in [0.2, 0.25) is 0 Å². The summed E-state index contributed by atoms with van der Waals surface area (Å²) in [6, 6.07) is -0.184. The van der Waals surface area contributed by atoms with Crippen LogP contribution >= 0.6 is 0 Å². The molecule has 0 radical (unpaired) electrons. The van der Waals surface area contributed by atoms with E-state index in [2.05, 4.69) is 17.2 Å². The highest BCUT2D eigenvalue weighted by molar-refractivity contribution is 5.66. The number of carboxylic acid groups (broad SMARTS) is 1. The normalized spacial score (nSPS) is 12.1. The zero-order chi connectivity index (χ0) is 13.4. The van der Waals surface area contributed by atoms with E-state index in [1.807, 2.05) is 10.8 Å². The lowest BCUT2D eigenvalue weighted by atomic mass is 10.1. The first-order chi connectivity index (χ1) is 8.67. The molecule has 1 amide bonds. The molecule has 6 heteroatoms. The summed E-state index contributed by atoms with van der Waals surface area (Å²) in [5.41, 5.74) is 0. The first kappa shape index (κ1) is 14.2. The molecule has 1 aromatic rings. The maximum Gasteiger partial charge on any atom is 0.303 e. The number of imidazole rings is 1. The summed E-state index contributed by atoms with van der Waals surface area (Å²) in [7, 11) is 0. The maximum atomic E-state index is 10.5. The van der Waals surface area contributed by atoms with Crippen LogP contribution in [0.25, 0.3) is 0 Å². The van der Waals surface area contributed by atoms with Gasteiger partial charge in [0.25, 0.3) is 0 Å². The van der Waals surface area contributed by atoms with Crippen molar-refractivity contribution < 1.29 is 14.7 Å². The van der Waals surface area contributed by atoms with Crippen LogP contribution in [0, 0.1) is 0 Å². The minimum atomic E-state index is -0.857. The van der Waals surface area contributed by atoms with Gasteiger partial charge in [-0.15, -0.1) is 0 Å². The third kappa shape index (κ3) is 4.57. The number of rotatable bonds is 9. The van der Waals surface area contributed by atoms with Crippen molar-refractivity contribution in [1.82, 2.24) is 14.9 Å². The molecule has 0 fully saturated rings. The molecule has 6 nitrogen and oxygen atoms in total. The number of nitrogens with zero attached hydrogens (tertiary/aromatic N) is 2. The van der Waals surface area contributed by atoms with Gasteiger partial charge in [0.1, 0.15) is 5.82 Å². The third-order valence-corrected chi connectivity index (χ3v) is 2.71. The molecule has 0 aliphatic heterocycles. The van der Waals surface area contributed by atoms with Crippen LogP contribution in [-0.4, -0.2) is 33.1 Å². The molecule has 0 aromatic carbocycles. The van der Waals surface area contributed by atoms with Gasteiger partial charge in [0.2, 0.25) is 6.41 Å². The lowest BCUT2D eigenvalue weighted by Crippen LogP contribution is -2.31. The number of hydrogen-bond acceptors (Lipinski definition) is 3. The van der Waals surface area contributed by atoms with Gasteiger partial charge in [0, 0.05) is 37.8 Å². The van der Waals surface area contributed by atoms with Gasteiger partial charge in [0.05, 0.1) is 0 Å². The van der Waals surface area contributed by atoms with E-state index in [4.69, 9.17) is 5.11 Å². The Morgan fingerprint density at radius 3 is 3.06 bits per heavy atom. The minimum absolute atomic E-state index is 0.0417. The van der Waals surface area contributed by atoms with E-state index in [0.717, 1.165) is 18.8 Å². The summed E-state index contributed by atoms with van der Waals surface area (Å²) in [6.07, 6.45) is 6.24. The second-order valence-corrected chi connectivity index (χ2v) is 4.15. The number of nitrogens with one attached hydrogen (secondary N) is 1. The summed E-state index contributed by atoms with van der Waals surface area (Å²) in [4.78, 5) is 25.3. The lowest BCUT2D eigenvalue weighted by Gasteiger charge is -2.15. The van der Waals surface area contributed by atoms with E-state index < -0.39 is 5.97 Å². The van der Waals surface area contributed by atoms with Gasteiger partial charge in [-0.25, -0.2) is 4.98 Å². The molecule has 2 N–H and O–H groups in total. The van der Waals surface area contributed by atoms with Crippen molar-refractivity contribution in [3.05, 3.63) is 18.2 Å². The quantitative estimate of drug-likeness (QED) is 0.638. The van der Waals surface area contributed by atoms with Crippen LogP contribution in [0.4, 0.5) is 0 Å². The van der Waals surface area contributed by atoms with Crippen LogP contribution in [-0.2, 0) is 22.6 Å². The van der Waals surface area contributed by atoms with Crippen LogP contribution in [0.1, 0.15) is 32.0 Å². The van der Waals surface area contributed by atoms with E-state index in [0.29, 0.717) is 19.3 Å². The molecule has 0 aliphatic carbocycles. The second-order valence-electron chi connectivity index (χ2n) is 4.15. The van der Waals surface area contributed by atoms with Gasteiger partial charge in [-0.1, -0.05) is 6.92 Å². The molecule has 100 valence electrons. The smallest absolute Gasteiger partial charge is 0.303 e. The Morgan fingerprint density at radius 2 is 2.44 bits per heavy atom. The molecule has 0 aliphatic rings. The fourth-order valence-electron chi connectivity index (χ4n) is 1.83. The molecule has 0 spiro atoms. The molecular formula is C12H19N3O3. The number of carbonyl (C=O) groups is 2. The predicted octanol–water partition coefficient (Wildman–Crippen LogP) is 0.815. The van der Waals surface area contributed by atoms with Crippen molar-refractivity contribution in [3.63, 3.8) is 0 Å². The van der Waals surface area contributed by atoms with Crippen LogP contribution in [0.3, 0.4) is 0 Å². The summed E-state index contributed by atoms with van der Waals surface area (Å²) in [5, 5.41) is 11.3. The number of aromatic nitrogens is 2. The Hall–Kier alpha value is -1.85. The highest BCUT2D eigenvalue weighted by Gasteiger charge is 2.13. The largest absolute Gasteiger partial charge is 0.481 e. The summed E-state index contributed by atoms with van der Waals surface area (Å²) >= 11 is 0. The van der Waals surface area contributed by atoms with Gasteiger partial charge in [-0.2, -0.15) is 0 Å². The maximum absolute atomic E-state index is 10.5. The van der Waals surface area contributed by atoms with E-state index in [9.17, 15) is 9.59 Å². The Bertz CT molecular complexity index is 390. The Kier molecular flexibility index (Phi) is 5.90. The van der Waals surface area contributed by atoms with Crippen molar-refractivity contribution in [2.45, 2.75) is 45.2 Å². The van der Waals surface area contributed by atoms with Gasteiger partial charge >= 0.3 is 5.97 Å². The number of hydrogen-bond donors (Lipinski definition) is 2. The highest BCUT2D eigenvalue weighted by Crippen LogP contribution is 2.07. The third-order valence-electron chi connectivity index (χ3n) is 2.71. The zero-order valence-corrected chi connectivity index (χ0v) is 10.5.